The Morgan fingerprint density at radius 2 is 0.880 bits per heavy atom. The molecular formula is C45H28N4S. The molecule has 3 aromatic heterocycles. The predicted octanol–water partition coefficient (Wildman–Crippen LogP) is 12.0. The molecule has 0 aliphatic rings. The Bertz CT molecular complexity index is 2800. The normalized spacial score (nSPS) is 11.6. The molecule has 10 aromatic rings. The van der Waals surface area contributed by atoms with Crippen molar-refractivity contribution in [1.82, 2.24) is 19.5 Å². The van der Waals surface area contributed by atoms with E-state index in [4.69, 9.17) is 15.0 Å². The third-order valence-corrected chi connectivity index (χ3v) is 10.6. The predicted molar refractivity (Wildman–Crippen MR) is 209 cm³/mol. The van der Waals surface area contributed by atoms with Crippen molar-refractivity contribution in [1.29, 1.82) is 0 Å². The third-order valence-electron chi connectivity index (χ3n) is 9.47. The zero-order valence-corrected chi connectivity index (χ0v) is 27.7. The first-order valence-corrected chi connectivity index (χ1v) is 17.5. The van der Waals surface area contributed by atoms with Gasteiger partial charge < -0.3 is 4.57 Å². The highest BCUT2D eigenvalue weighted by molar-refractivity contribution is 7.25. The van der Waals surface area contributed by atoms with Crippen LogP contribution >= 0.6 is 11.3 Å². The van der Waals surface area contributed by atoms with Crippen LogP contribution in [0.4, 0.5) is 0 Å². The highest BCUT2D eigenvalue weighted by Crippen LogP contribution is 2.38. The molecule has 0 aliphatic heterocycles. The number of fused-ring (bicyclic) bond motifs is 6. The standard InChI is InChI=1S/C45H28N4S/c1-3-11-30(12-4-1)43-46-44(31-13-5-2-6-14-31)48-45(47-43)33-21-25-36-35-15-7-9-17-39(35)49(40(36)28-33)34-23-19-29(20-24-34)32-22-26-42-38(27-32)37-16-8-10-18-41(37)50-42/h1-28H. The van der Waals surface area contributed by atoms with E-state index in [9.17, 15) is 0 Å². The van der Waals surface area contributed by atoms with E-state index < -0.39 is 0 Å². The molecule has 5 heteroatoms. The van der Waals surface area contributed by atoms with Crippen LogP contribution in [0, 0.1) is 0 Å². The fourth-order valence-corrected chi connectivity index (χ4v) is 8.12. The molecule has 0 saturated heterocycles. The summed E-state index contributed by atoms with van der Waals surface area (Å²) in [4.78, 5) is 14.9. The van der Waals surface area contributed by atoms with Crippen LogP contribution in [0.5, 0.6) is 0 Å². The van der Waals surface area contributed by atoms with E-state index in [0.717, 1.165) is 33.4 Å². The Morgan fingerprint density at radius 1 is 0.340 bits per heavy atom. The van der Waals surface area contributed by atoms with Crippen molar-refractivity contribution in [2.75, 3.05) is 0 Å². The molecule has 0 saturated carbocycles. The van der Waals surface area contributed by atoms with Gasteiger partial charge in [-0.25, -0.2) is 15.0 Å². The van der Waals surface area contributed by atoms with E-state index in [1.54, 1.807) is 0 Å². The van der Waals surface area contributed by atoms with Crippen molar-refractivity contribution in [2.24, 2.45) is 0 Å². The molecule has 0 unspecified atom stereocenters. The maximum absolute atomic E-state index is 5.01. The Hall–Kier alpha value is -6.43. The number of aromatic nitrogens is 4. The lowest BCUT2D eigenvalue weighted by molar-refractivity contribution is 1.07. The smallest absolute Gasteiger partial charge is 0.164 e. The van der Waals surface area contributed by atoms with Gasteiger partial charge in [0.1, 0.15) is 0 Å². The summed E-state index contributed by atoms with van der Waals surface area (Å²) in [6, 6.07) is 59.8. The van der Waals surface area contributed by atoms with E-state index in [0.29, 0.717) is 17.5 Å². The first-order valence-electron chi connectivity index (χ1n) is 16.7. The van der Waals surface area contributed by atoms with Gasteiger partial charge in [0.05, 0.1) is 11.0 Å². The first kappa shape index (κ1) is 28.6. The summed E-state index contributed by atoms with van der Waals surface area (Å²) in [5.41, 5.74) is 8.62. The Morgan fingerprint density at radius 3 is 1.60 bits per heavy atom. The molecule has 0 atom stereocenters. The molecule has 0 spiro atoms. The minimum Gasteiger partial charge on any atom is -0.309 e. The number of benzene rings is 7. The number of para-hydroxylation sites is 1. The largest absolute Gasteiger partial charge is 0.309 e. The molecule has 0 aliphatic carbocycles. The van der Waals surface area contributed by atoms with E-state index in [-0.39, 0.29) is 0 Å². The molecule has 0 N–H and O–H groups in total. The third kappa shape index (κ3) is 4.79. The summed E-state index contributed by atoms with van der Waals surface area (Å²) < 4.78 is 4.99. The van der Waals surface area contributed by atoms with Gasteiger partial charge in [-0.05, 0) is 53.6 Å². The lowest BCUT2D eigenvalue weighted by atomic mass is 10.0. The van der Waals surface area contributed by atoms with Crippen LogP contribution in [0.3, 0.4) is 0 Å². The number of nitrogens with zero attached hydrogens (tertiary/aromatic N) is 4. The summed E-state index contributed by atoms with van der Waals surface area (Å²) in [6.45, 7) is 0. The van der Waals surface area contributed by atoms with Gasteiger partial charge in [0.25, 0.3) is 0 Å². The summed E-state index contributed by atoms with van der Waals surface area (Å²) >= 11 is 1.85. The number of rotatable bonds is 5. The number of thiophene rings is 1. The van der Waals surface area contributed by atoms with Crippen LogP contribution in [-0.4, -0.2) is 19.5 Å². The van der Waals surface area contributed by atoms with E-state index in [1.165, 1.54) is 42.1 Å². The lowest BCUT2D eigenvalue weighted by Gasteiger charge is -2.11. The highest BCUT2D eigenvalue weighted by atomic mass is 32.1. The summed E-state index contributed by atoms with van der Waals surface area (Å²) in [7, 11) is 0. The van der Waals surface area contributed by atoms with Crippen LogP contribution in [-0.2, 0) is 0 Å². The fraction of sp³-hybridized carbons (Fsp3) is 0. The highest BCUT2D eigenvalue weighted by Gasteiger charge is 2.17. The second-order valence-electron chi connectivity index (χ2n) is 12.5. The van der Waals surface area contributed by atoms with Crippen LogP contribution < -0.4 is 0 Å². The second-order valence-corrected chi connectivity index (χ2v) is 13.6. The number of hydrogen-bond acceptors (Lipinski definition) is 4. The SMILES string of the molecule is c1ccc(-c2nc(-c3ccccc3)nc(-c3ccc4c5ccccc5n(-c5ccc(-c6ccc7sc8ccccc8c7c6)cc5)c4c3)n2)cc1. The Labute approximate surface area is 292 Å². The van der Waals surface area contributed by atoms with Crippen LogP contribution in [0.25, 0.3) is 93.0 Å². The first-order chi connectivity index (χ1) is 24.8. The monoisotopic (exact) mass is 656 g/mol. The number of hydrogen-bond donors (Lipinski definition) is 0. The molecule has 4 nitrogen and oxygen atoms in total. The van der Waals surface area contributed by atoms with Gasteiger partial charge in [0, 0.05) is 53.3 Å². The lowest BCUT2D eigenvalue weighted by Crippen LogP contribution is -2.00. The summed E-state index contributed by atoms with van der Waals surface area (Å²) in [5.74, 6) is 1.95. The van der Waals surface area contributed by atoms with Crippen LogP contribution in [0.1, 0.15) is 0 Å². The van der Waals surface area contributed by atoms with E-state index >= 15 is 0 Å². The zero-order chi connectivity index (χ0) is 33.0. The maximum atomic E-state index is 5.01. The average Bonchev–Trinajstić information content (AvgIpc) is 3.73. The van der Waals surface area contributed by atoms with Gasteiger partial charge in [0.2, 0.25) is 0 Å². The topological polar surface area (TPSA) is 43.6 Å². The van der Waals surface area contributed by atoms with E-state index in [2.05, 4.69) is 114 Å². The van der Waals surface area contributed by atoms with Gasteiger partial charge in [-0.3, -0.25) is 0 Å². The average molecular weight is 657 g/mol. The van der Waals surface area contributed by atoms with Crippen molar-refractivity contribution in [3.8, 4) is 51.0 Å². The molecule has 7 aromatic carbocycles. The maximum Gasteiger partial charge on any atom is 0.164 e. The molecular weight excluding hydrogens is 629 g/mol. The molecule has 0 amide bonds. The van der Waals surface area contributed by atoms with Gasteiger partial charge >= 0.3 is 0 Å². The minimum absolute atomic E-state index is 0.642. The molecule has 0 bridgehead atoms. The summed E-state index contributed by atoms with van der Waals surface area (Å²) in [6.07, 6.45) is 0. The molecule has 10 rings (SSSR count). The Kier molecular flexibility index (Phi) is 6.64. The molecule has 234 valence electrons. The summed E-state index contributed by atoms with van der Waals surface area (Å²) in [5, 5.41) is 5.02. The minimum atomic E-state index is 0.642. The van der Waals surface area contributed by atoms with Gasteiger partial charge in [-0.1, -0.05) is 127 Å². The molecule has 0 fully saturated rings. The van der Waals surface area contributed by atoms with Crippen molar-refractivity contribution >= 4 is 53.3 Å². The second kappa shape index (κ2) is 11.6. The fourth-order valence-electron chi connectivity index (χ4n) is 7.03. The Balaban J connectivity index is 1.11. The van der Waals surface area contributed by atoms with E-state index in [1.807, 2.05) is 72.0 Å². The molecule has 0 radical (unpaired) electrons. The van der Waals surface area contributed by atoms with Crippen molar-refractivity contribution in [2.45, 2.75) is 0 Å². The van der Waals surface area contributed by atoms with Crippen molar-refractivity contribution in [3.63, 3.8) is 0 Å². The van der Waals surface area contributed by atoms with Gasteiger partial charge in [0.15, 0.2) is 17.5 Å². The zero-order valence-electron chi connectivity index (χ0n) is 26.9. The van der Waals surface area contributed by atoms with Gasteiger partial charge in [-0.15, -0.1) is 11.3 Å². The molecule has 3 heterocycles. The molecule has 50 heavy (non-hydrogen) atoms. The van der Waals surface area contributed by atoms with Crippen molar-refractivity contribution in [3.05, 3.63) is 170 Å². The van der Waals surface area contributed by atoms with Crippen LogP contribution in [0.2, 0.25) is 0 Å². The quantitative estimate of drug-likeness (QED) is 0.185. The van der Waals surface area contributed by atoms with Crippen molar-refractivity contribution < 1.29 is 0 Å². The van der Waals surface area contributed by atoms with Gasteiger partial charge in [-0.2, -0.15) is 0 Å². The van der Waals surface area contributed by atoms with Crippen LogP contribution in [0.15, 0.2) is 170 Å².